The predicted molar refractivity (Wildman–Crippen MR) is 132 cm³/mol. The number of carboxylic acid groups (broad SMARTS) is 1. The molecule has 4 rings (SSSR count). The van der Waals surface area contributed by atoms with Crippen LogP contribution in [0.5, 0.6) is 0 Å². The van der Waals surface area contributed by atoms with Crippen LogP contribution >= 0.6 is 11.8 Å². The molecule has 2 aliphatic carbocycles. The maximum Gasteiger partial charge on any atom is 0.407 e. The number of hydrogen-bond donors (Lipinski definition) is 3. The molecule has 1 saturated carbocycles. The maximum absolute atomic E-state index is 12.9. The van der Waals surface area contributed by atoms with Crippen molar-refractivity contribution in [1.82, 2.24) is 10.6 Å². The fourth-order valence-corrected chi connectivity index (χ4v) is 5.16. The van der Waals surface area contributed by atoms with Crippen molar-refractivity contribution in [3.05, 3.63) is 59.7 Å². The molecule has 0 aromatic heterocycles. The van der Waals surface area contributed by atoms with E-state index < -0.39 is 30.1 Å². The Labute approximate surface area is 203 Å². The van der Waals surface area contributed by atoms with Crippen molar-refractivity contribution in [3.8, 4) is 11.1 Å². The first-order valence-corrected chi connectivity index (χ1v) is 13.0. The first kappa shape index (κ1) is 24.1. The van der Waals surface area contributed by atoms with Crippen LogP contribution in [0.4, 0.5) is 4.79 Å². The number of thioether (sulfide) groups is 1. The van der Waals surface area contributed by atoms with E-state index in [0.717, 1.165) is 41.5 Å². The molecule has 2 atom stereocenters. The number of carbonyl (C=O) groups excluding carboxylic acids is 2. The molecule has 180 valence electrons. The molecule has 0 saturated heterocycles. The van der Waals surface area contributed by atoms with Gasteiger partial charge in [0.2, 0.25) is 5.91 Å². The molecule has 3 N–H and O–H groups in total. The maximum atomic E-state index is 12.9. The second kappa shape index (κ2) is 11.0. The molecule has 0 heterocycles. The fourth-order valence-electron chi connectivity index (χ4n) is 4.69. The summed E-state index contributed by atoms with van der Waals surface area (Å²) in [6.45, 7) is 0.157. The van der Waals surface area contributed by atoms with Crippen LogP contribution in [0, 0.1) is 5.92 Å². The van der Waals surface area contributed by atoms with Gasteiger partial charge in [-0.1, -0.05) is 55.0 Å². The first-order valence-electron chi connectivity index (χ1n) is 11.6. The molecule has 1 fully saturated rings. The Morgan fingerprint density at radius 2 is 1.65 bits per heavy atom. The van der Waals surface area contributed by atoms with Crippen LogP contribution in [-0.2, 0) is 14.3 Å². The molecular formula is C26H30N2O5S. The van der Waals surface area contributed by atoms with Gasteiger partial charge in [0.25, 0.3) is 0 Å². The van der Waals surface area contributed by atoms with Gasteiger partial charge in [0.15, 0.2) is 0 Å². The van der Waals surface area contributed by atoms with Crippen LogP contribution in [0.15, 0.2) is 48.5 Å². The highest BCUT2D eigenvalue weighted by Gasteiger charge is 2.36. The van der Waals surface area contributed by atoms with Crippen molar-refractivity contribution in [2.75, 3.05) is 18.6 Å². The quantitative estimate of drug-likeness (QED) is 0.473. The van der Waals surface area contributed by atoms with Gasteiger partial charge in [-0.3, -0.25) is 4.79 Å². The van der Waals surface area contributed by atoms with E-state index in [4.69, 9.17) is 4.74 Å². The monoisotopic (exact) mass is 482 g/mol. The standard InChI is InChI=1S/C26H30N2O5S/c1-34-14-13-22(25(30)31)27-24(29)23(16-7-6-8-16)28-26(32)33-15-21-19-11-4-2-9-17(19)18-10-3-5-12-20(18)21/h2-5,9-12,16,21-23H,6-8,13-15H2,1H3,(H,27,29)(H,28,32)(H,30,31)/t22-,23?/m1/s1. The molecule has 1 unspecified atom stereocenters. The van der Waals surface area contributed by atoms with Crippen molar-refractivity contribution < 1.29 is 24.2 Å². The summed E-state index contributed by atoms with van der Waals surface area (Å²) in [5.74, 6) is -1.01. The molecule has 0 spiro atoms. The van der Waals surface area contributed by atoms with Crippen LogP contribution in [0.25, 0.3) is 11.1 Å². The molecule has 34 heavy (non-hydrogen) atoms. The van der Waals surface area contributed by atoms with Crippen LogP contribution in [0.3, 0.4) is 0 Å². The third-order valence-corrected chi connectivity index (χ3v) is 7.39. The van der Waals surface area contributed by atoms with Gasteiger partial charge in [0.1, 0.15) is 18.7 Å². The Morgan fingerprint density at radius 3 is 2.18 bits per heavy atom. The molecule has 2 aromatic rings. The number of aliphatic carboxylic acids is 1. The smallest absolute Gasteiger partial charge is 0.407 e. The SMILES string of the molecule is CSCC[C@@H](NC(=O)C(NC(=O)OCC1c2ccccc2-c2ccccc21)C1CCC1)C(=O)O. The van der Waals surface area contributed by atoms with E-state index in [0.29, 0.717) is 12.2 Å². The highest BCUT2D eigenvalue weighted by Crippen LogP contribution is 2.44. The minimum absolute atomic E-state index is 0.0181. The van der Waals surface area contributed by atoms with Crippen molar-refractivity contribution in [3.63, 3.8) is 0 Å². The minimum atomic E-state index is -1.07. The van der Waals surface area contributed by atoms with Crippen molar-refractivity contribution >= 4 is 29.7 Å². The van der Waals surface area contributed by atoms with E-state index in [1.807, 2.05) is 42.7 Å². The molecule has 2 aliphatic rings. The third kappa shape index (κ3) is 5.22. The lowest BCUT2D eigenvalue weighted by Crippen LogP contribution is -2.56. The van der Waals surface area contributed by atoms with Crippen molar-refractivity contribution in [2.24, 2.45) is 5.92 Å². The summed E-state index contributed by atoms with van der Waals surface area (Å²) in [4.78, 5) is 37.2. The Kier molecular flexibility index (Phi) is 7.77. The molecule has 0 bridgehead atoms. The number of amides is 2. The fraction of sp³-hybridized carbons (Fsp3) is 0.423. The number of alkyl carbamates (subject to hydrolysis) is 1. The number of nitrogens with one attached hydrogen (secondary N) is 2. The zero-order valence-corrected chi connectivity index (χ0v) is 20.0. The first-order chi connectivity index (χ1) is 16.5. The summed E-state index contributed by atoms with van der Waals surface area (Å²) in [5.41, 5.74) is 4.51. The van der Waals surface area contributed by atoms with Gasteiger partial charge in [-0.2, -0.15) is 11.8 Å². The van der Waals surface area contributed by atoms with Crippen LogP contribution in [-0.4, -0.2) is 53.8 Å². The van der Waals surface area contributed by atoms with Gasteiger partial charge in [-0.05, 0) is 59.4 Å². The normalized spacial score (nSPS) is 16.5. The van der Waals surface area contributed by atoms with Gasteiger partial charge < -0.3 is 20.5 Å². The van der Waals surface area contributed by atoms with Gasteiger partial charge in [0, 0.05) is 5.92 Å². The van der Waals surface area contributed by atoms with E-state index in [1.54, 1.807) is 0 Å². The van der Waals surface area contributed by atoms with E-state index in [9.17, 15) is 19.5 Å². The lowest BCUT2D eigenvalue weighted by Gasteiger charge is -2.33. The summed E-state index contributed by atoms with van der Waals surface area (Å²) in [5, 5.41) is 14.8. The van der Waals surface area contributed by atoms with Crippen molar-refractivity contribution in [1.29, 1.82) is 0 Å². The Balaban J connectivity index is 1.40. The molecule has 0 radical (unpaired) electrons. The number of hydrogen-bond acceptors (Lipinski definition) is 5. The van der Waals surface area contributed by atoms with Crippen LogP contribution in [0.2, 0.25) is 0 Å². The lowest BCUT2D eigenvalue weighted by molar-refractivity contribution is -0.142. The van der Waals surface area contributed by atoms with Crippen molar-refractivity contribution in [2.45, 2.75) is 43.7 Å². The highest BCUT2D eigenvalue weighted by atomic mass is 32.2. The largest absolute Gasteiger partial charge is 0.480 e. The van der Waals surface area contributed by atoms with E-state index in [-0.39, 0.29) is 18.4 Å². The second-order valence-electron chi connectivity index (χ2n) is 8.82. The average molecular weight is 483 g/mol. The second-order valence-corrected chi connectivity index (χ2v) is 9.81. The van der Waals surface area contributed by atoms with E-state index >= 15 is 0 Å². The summed E-state index contributed by atoms with van der Waals surface area (Å²) < 4.78 is 5.61. The third-order valence-electron chi connectivity index (χ3n) is 6.75. The van der Waals surface area contributed by atoms with E-state index in [2.05, 4.69) is 22.8 Å². The Hall–Kier alpha value is -3.00. The summed E-state index contributed by atoms with van der Waals surface area (Å²) >= 11 is 1.52. The van der Waals surface area contributed by atoms with Gasteiger partial charge >= 0.3 is 12.1 Å². The molecule has 7 nitrogen and oxygen atoms in total. The number of rotatable bonds is 10. The highest BCUT2D eigenvalue weighted by molar-refractivity contribution is 7.98. The number of fused-ring (bicyclic) bond motifs is 3. The molecule has 8 heteroatoms. The summed E-state index contributed by atoms with van der Waals surface area (Å²) in [6, 6.07) is 14.4. The predicted octanol–water partition coefficient (Wildman–Crippen LogP) is 4.02. The number of benzene rings is 2. The molecular weight excluding hydrogens is 452 g/mol. The van der Waals surface area contributed by atoms with Gasteiger partial charge in [-0.25, -0.2) is 9.59 Å². The van der Waals surface area contributed by atoms with Crippen LogP contribution < -0.4 is 10.6 Å². The molecule has 2 aromatic carbocycles. The van der Waals surface area contributed by atoms with Gasteiger partial charge in [-0.15, -0.1) is 0 Å². The van der Waals surface area contributed by atoms with Crippen LogP contribution in [0.1, 0.15) is 42.7 Å². The minimum Gasteiger partial charge on any atom is -0.480 e. The average Bonchev–Trinajstić information content (AvgIpc) is 3.12. The zero-order valence-electron chi connectivity index (χ0n) is 19.2. The summed E-state index contributed by atoms with van der Waals surface area (Å²) in [7, 11) is 0. The Bertz CT molecular complexity index is 1010. The Morgan fingerprint density at radius 1 is 1.03 bits per heavy atom. The number of ether oxygens (including phenoxy) is 1. The topological polar surface area (TPSA) is 105 Å². The summed E-state index contributed by atoms with van der Waals surface area (Å²) in [6.07, 6.45) is 4.15. The molecule has 2 amide bonds. The number of carboxylic acids is 1. The lowest BCUT2D eigenvalue weighted by atomic mass is 9.79. The zero-order chi connectivity index (χ0) is 24.1. The number of carbonyl (C=O) groups is 3. The molecule has 0 aliphatic heterocycles. The van der Waals surface area contributed by atoms with Gasteiger partial charge in [0.05, 0.1) is 0 Å². The van der Waals surface area contributed by atoms with E-state index in [1.165, 1.54) is 11.8 Å².